The fourth-order valence-corrected chi connectivity index (χ4v) is 0.938. The molecule has 0 aromatic heterocycles. The van der Waals surface area contributed by atoms with Crippen LogP contribution >= 0.6 is 0 Å². The van der Waals surface area contributed by atoms with Crippen LogP contribution in [0, 0.1) is 5.92 Å². The lowest BCUT2D eigenvalue weighted by atomic mass is 10.0. The zero-order valence-electron chi connectivity index (χ0n) is 9.08. The first-order chi connectivity index (χ1) is 6.57. The smallest absolute Gasteiger partial charge is 0.260 e. The van der Waals surface area contributed by atoms with Crippen LogP contribution in [-0.4, -0.2) is 32.3 Å². The number of hydroxylamine groups is 1. The number of nitrogens with one attached hydrogen (secondary N) is 1. The number of rotatable bonds is 7. The second-order valence-electron chi connectivity index (χ2n) is 3.54. The van der Waals surface area contributed by atoms with E-state index < -0.39 is 6.04 Å². The zero-order valence-corrected chi connectivity index (χ0v) is 9.08. The van der Waals surface area contributed by atoms with Crippen molar-refractivity contribution >= 4 is 5.91 Å². The summed E-state index contributed by atoms with van der Waals surface area (Å²) in [5, 5.41) is 0. The summed E-state index contributed by atoms with van der Waals surface area (Å²) in [7, 11) is 1.57. The van der Waals surface area contributed by atoms with E-state index in [0.717, 1.165) is 0 Å². The molecule has 1 amide bonds. The molecule has 0 aliphatic rings. The van der Waals surface area contributed by atoms with Crippen LogP contribution in [0.1, 0.15) is 20.3 Å². The van der Waals surface area contributed by atoms with Gasteiger partial charge in [0.2, 0.25) is 0 Å². The van der Waals surface area contributed by atoms with E-state index in [1.807, 2.05) is 13.8 Å². The Labute approximate surface area is 84.9 Å². The molecule has 0 aromatic rings. The minimum Gasteiger partial charge on any atom is -0.382 e. The van der Waals surface area contributed by atoms with Crippen LogP contribution in [0.5, 0.6) is 0 Å². The maximum Gasteiger partial charge on any atom is 0.260 e. The number of carbonyl (C=O) groups is 1. The number of methoxy groups -OCH3 is 1. The van der Waals surface area contributed by atoms with Gasteiger partial charge in [-0.05, 0) is 12.3 Å². The summed E-state index contributed by atoms with van der Waals surface area (Å²) in [6, 6.07) is -0.502. The molecule has 0 heterocycles. The second-order valence-corrected chi connectivity index (χ2v) is 3.54. The Balaban J connectivity index is 3.52. The topological polar surface area (TPSA) is 73.6 Å². The number of nitrogens with two attached hydrogens (primary N) is 1. The van der Waals surface area contributed by atoms with Crippen LogP contribution < -0.4 is 11.2 Å². The molecule has 0 aromatic carbocycles. The molecule has 0 radical (unpaired) electrons. The summed E-state index contributed by atoms with van der Waals surface area (Å²) in [5.74, 6) is 0.115. The third-order valence-corrected chi connectivity index (χ3v) is 1.62. The highest BCUT2D eigenvalue weighted by molar-refractivity contribution is 5.80. The highest BCUT2D eigenvalue weighted by Crippen LogP contribution is 2.02. The van der Waals surface area contributed by atoms with Crippen LogP contribution in [0.25, 0.3) is 0 Å². The van der Waals surface area contributed by atoms with E-state index in [2.05, 4.69) is 5.48 Å². The van der Waals surface area contributed by atoms with Crippen molar-refractivity contribution in [3.63, 3.8) is 0 Å². The van der Waals surface area contributed by atoms with E-state index in [-0.39, 0.29) is 5.91 Å². The van der Waals surface area contributed by atoms with Crippen molar-refractivity contribution < 1.29 is 14.4 Å². The molecule has 3 N–H and O–H groups in total. The SMILES string of the molecule is COCCONC(=O)[C@H](N)CC(C)C. The molecule has 84 valence electrons. The monoisotopic (exact) mass is 204 g/mol. The molecule has 0 rings (SSSR count). The molecule has 0 aliphatic carbocycles. The molecule has 5 nitrogen and oxygen atoms in total. The van der Waals surface area contributed by atoms with Gasteiger partial charge in [0.15, 0.2) is 0 Å². The molecular weight excluding hydrogens is 184 g/mol. The maximum atomic E-state index is 11.2. The van der Waals surface area contributed by atoms with Crippen molar-refractivity contribution in [2.45, 2.75) is 26.3 Å². The summed E-state index contributed by atoms with van der Waals surface area (Å²) in [6.07, 6.45) is 0.652. The Morgan fingerprint density at radius 3 is 2.57 bits per heavy atom. The van der Waals surface area contributed by atoms with Crippen molar-refractivity contribution in [1.29, 1.82) is 0 Å². The molecule has 5 heteroatoms. The number of hydrogen-bond acceptors (Lipinski definition) is 4. The third-order valence-electron chi connectivity index (χ3n) is 1.62. The van der Waals surface area contributed by atoms with E-state index in [9.17, 15) is 4.79 Å². The van der Waals surface area contributed by atoms with Gasteiger partial charge in [-0.3, -0.25) is 9.63 Å². The first-order valence-corrected chi connectivity index (χ1v) is 4.74. The van der Waals surface area contributed by atoms with Crippen molar-refractivity contribution in [1.82, 2.24) is 5.48 Å². The summed E-state index contributed by atoms with van der Waals surface area (Å²) >= 11 is 0. The van der Waals surface area contributed by atoms with E-state index in [1.165, 1.54) is 0 Å². The van der Waals surface area contributed by atoms with Gasteiger partial charge in [0.1, 0.15) is 0 Å². The highest BCUT2D eigenvalue weighted by atomic mass is 16.7. The standard InChI is InChI=1S/C9H20N2O3/c1-7(2)6-8(10)9(12)11-14-5-4-13-3/h7-8H,4-6,10H2,1-3H3,(H,11,12)/t8-/m1/s1. The fraction of sp³-hybridized carbons (Fsp3) is 0.889. The van der Waals surface area contributed by atoms with Crippen molar-refractivity contribution in [2.24, 2.45) is 11.7 Å². The normalized spacial score (nSPS) is 12.9. The number of hydrogen-bond donors (Lipinski definition) is 2. The van der Waals surface area contributed by atoms with Crippen molar-refractivity contribution in [3.8, 4) is 0 Å². The minimum atomic E-state index is -0.502. The summed E-state index contributed by atoms with van der Waals surface area (Å²) in [5.41, 5.74) is 7.89. The fourth-order valence-electron chi connectivity index (χ4n) is 0.938. The minimum absolute atomic E-state index is 0.283. The highest BCUT2D eigenvalue weighted by Gasteiger charge is 2.14. The molecule has 0 fully saturated rings. The predicted octanol–water partition coefficient (Wildman–Crippen LogP) is 0.0540. The van der Waals surface area contributed by atoms with Gasteiger partial charge >= 0.3 is 0 Å². The van der Waals surface area contributed by atoms with Crippen LogP contribution in [0.15, 0.2) is 0 Å². The van der Waals surface area contributed by atoms with Crippen LogP contribution in [-0.2, 0) is 14.4 Å². The van der Waals surface area contributed by atoms with Gasteiger partial charge in [-0.15, -0.1) is 0 Å². The Bertz CT molecular complexity index is 162. The number of amides is 1. The van der Waals surface area contributed by atoms with Crippen LogP contribution in [0.4, 0.5) is 0 Å². The molecule has 0 saturated carbocycles. The molecule has 0 saturated heterocycles. The van der Waals surface area contributed by atoms with Gasteiger partial charge in [0, 0.05) is 7.11 Å². The Kier molecular flexibility index (Phi) is 7.37. The van der Waals surface area contributed by atoms with E-state index >= 15 is 0 Å². The van der Waals surface area contributed by atoms with Gasteiger partial charge in [0.05, 0.1) is 19.3 Å². The quantitative estimate of drug-likeness (QED) is 0.454. The van der Waals surface area contributed by atoms with Gasteiger partial charge in [0.25, 0.3) is 5.91 Å². The number of carbonyl (C=O) groups excluding carboxylic acids is 1. The molecule has 0 spiro atoms. The molecule has 0 unspecified atom stereocenters. The Morgan fingerprint density at radius 2 is 2.07 bits per heavy atom. The summed E-state index contributed by atoms with van der Waals surface area (Å²) < 4.78 is 4.74. The Morgan fingerprint density at radius 1 is 1.43 bits per heavy atom. The lowest BCUT2D eigenvalue weighted by molar-refractivity contribution is -0.136. The maximum absolute atomic E-state index is 11.2. The second kappa shape index (κ2) is 7.73. The lowest BCUT2D eigenvalue weighted by Gasteiger charge is -2.13. The third kappa shape index (κ3) is 6.82. The van der Waals surface area contributed by atoms with Gasteiger partial charge in [-0.1, -0.05) is 13.8 Å². The molecule has 14 heavy (non-hydrogen) atoms. The summed E-state index contributed by atoms with van der Waals surface area (Å²) in [6.45, 7) is 4.80. The average molecular weight is 204 g/mol. The van der Waals surface area contributed by atoms with E-state index in [1.54, 1.807) is 7.11 Å². The molecule has 0 aliphatic heterocycles. The van der Waals surface area contributed by atoms with Crippen molar-refractivity contribution in [2.75, 3.05) is 20.3 Å². The average Bonchev–Trinajstić information content (AvgIpc) is 2.11. The first kappa shape index (κ1) is 13.4. The van der Waals surface area contributed by atoms with Crippen LogP contribution in [0.2, 0.25) is 0 Å². The molecule has 0 bridgehead atoms. The zero-order chi connectivity index (χ0) is 11.0. The van der Waals surface area contributed by atoms with Gasteiger partial charge in [-0.2, -0.15) is 0 Å². The first-order valence-electron chi connectivity index (χ1n) is 4.74. The van der Waals surface area contributed by atoms with Gasteiger partial charge < -0.3 is 10.5 Å². The lowest BCUT2D eigenvalue weighted by Crippen LogP contribution is -2.41. The van der Waals surface area contributed by atoms with Crippen molar-refractivity contribution in [3.05, 3.63) is 0 Å². The van der Waals surface area contributed by atoms with E-state index in [4.69, 9.17) is 15.3 Å². The van der Waals surface area contributed by atoms with Gasteiger partial charge in [-0.25, -0.2) is 5.48 Å². The van der Waals surface area contributed by atoms with Crippen LogP contribution in [0.3, 0.4) is 0 Å². The largest absolute Gasteiger partial charge is 0.382 e. The van der Waals surface area contributed by atoms with E-state index in [0.29, 0.717) is 25.6 Å². The number of ether oxygens (including phenoxy) is 1. The molecule has 1 atom stereocenters. The summed E-state index contributed by atoms with van der Waals surface area (Å²) in [4.78, 5) is 16.1. The molecular formula is C9H20N2O3. The predicted molar refractivity (Wildman–Crippen MR) is 53.4 cm³/mol. The Hall–Kier alpha value is -0.650.